The Labute approximate surface area is 162 Å². The molecule has 2 heterocycles. The molecular formula is C19H21ClN4O3. The smallest absolute Gasteiger partial charge is 0.337 e. The first-order valence-corrected chi connectivity index (χ1v) is 9.12. The Kier molecular flexibility index (Phi) is 5.60. The van der Waals surface area contributed by atoms with E-state index in [1.807, 2.05) is 19.9 Å². The third-order valence-corrected chi connectivity index (χ3v) is 4.91. The number of carboxylic acid groups (broad SMARTS) is 1. The highest BCUT2D eigenvalue weighted by Gasteiger charge is 2.26. The summed E-state index contributed by atoms with van der Waals surface area (Å²) in [7, 11) is 0. The monoisotopic (exact) mass is 388 g/mol. The number of aromatic carboxylic acids is 1. The first-order valence-electron chi connectivity index (χ1n) is 8.74. The molecule has 1 amide bonds. The molecule has 0 unspecified atom stereocenters. The van der Waals surface area contributed by atoms with Crippen LogP contribution in [0.2, 0.25) is 5.02 Å². The second-order valence-electron chi connectivity index (χ2n) is 6.70. The number of benzene rings is 1. The molecule has 0 radical (unpaired) electrons. The molecule has 3 rings (SSSR count). The fraction of sp³-hybridized carbons (Fsp3) is 0.368. The molecule has 1 aromatic heterocycles. The van der Waals surface area contributed by atoms with Crippen LogP contribution >= 0.6 is 11.6 Å². The van der Waals surface area contributed by atoms with E-state index in [2.05, 4.69) is 20.2 Å². The van der Waals surface area contributed by atoms with Crippen molar-refractivity contribution in [2.24, 2.45) is 5.92 Å². The molecule has 142 valence electrons. The van der Waals surface area contributed by atoms with E-state index in [-0.39, 0.29) is 22.4 Å². The number of amides is 1. The lowest BCUT2D eigenvalue weighted by molar-refractivity contribution is -0.120. The van der Waals surface area contributed by atoms with Crippen LogP contribution in [0.5, 0.6) is 0 Å². The molecule has 2 aromatic rings. The molecule has 1 aliphatic rings. The zero-order chi connectivity index (χ0) is 19.6. The number of hydrogen-bond acceptors (Lipinski definition) is 5. The molecule has 7 nitrogen and oxygen atoms in total. The van der Waals surface area contributed by atoms with Gasteiger partial charge >= 0.3 is 5.97 Å². The summed E-state index contributed by atoms with van der Waals surface area (Å²) >= 11 is 5.86. The van der Waals surface area contributed by atoms with Crippen LogP contribution in [0.15, 0.2) is 24.3 Å². The van der Waals surface area contributed by atoms with Gasteiger partial charge in [-0.05, 0) is 51.0 Å². The maximum Gasteiger partial charge on any atom is 0.337 e. The van der Waals surface area contributed by atoms with Crippen LogP contribution in [0.25, 0.3) is 0 Å². The van der Waals surface area contributed by atoms with Crippen molar-refractivity contribution < 1.29 is 14.7 Å². The number of nitrogens with one attached hydrogen (secondary N) is 1. The first kappa shape index (κ1) is 19.1. The minimum atomic E-state index is -1.13. The van der Waals surface area contributed by atoms with Crippen molar-refractivity contribution in [3.05, 3.63) is 46.2 Å². The minimum Gasteiger partial charge on any atom is -0.478 e. The molecule has 2 N–H and O–H groups in total. The highest BCUT2D eigenvalue weighted by atomic mass is 35.5. The average molecular weight is 389 g/mol. The van der Waals surface area contributed by atoms with Gasteiger partial charge < -0.3 is 15.3 Å². The number of piperidine rings is 1. The third kappa shape index (κ3) is 4.54. The lowest BCUT2D eigenvalue weighted by Gasteiger charge is -2.31. The summed E-state index contributed by atoms with van der Waals surface area (Å²) in [4.78, 5) is 34.8. The summed E-state index contributed by atoms with van der Waals surface area (Å²) in [5, 5.41) is 12.1. The zero-order valence-electron chi connectivity index (χ0n) is 15.2. The van der Waals surface area contributed by atoms with Crippen LogP contribution in [0.1, 0.15) is 34.6 Å². The highest BCUT2D eigenvalue weighted by Crippen LogP contribution is 2.24. The number of aryl methyl sites for hydroxylation is 2. The largest absolute Gasteiger partial charge is 0.478 e. The van der Waals surface area contributed by atoms with Gasteiger partial charge in [0.15, 0.2) is 0 Å². The summed E-state index contributed by atoms with van der Waals surface area (Å²) < 4.78 is 0. The van der Waals surface area contributed by atoms with Gasteiger partial charge in [0.1, 0.15) is 0 Å². The Hall–Kier alpha value is -2.67. The van der Waals surface area contributed by atoms with Gasteiger partial charge in [-0.25, -0.2) is 14.8 Å². The maximum absolute atomic E-state index is 12.5. The number of nitrogens with zero attached hydrogens (tertiary/aromatic N) is 3. The number of halogens is 1. The first-order chi connectivity index (χ1) is 12.8. The summed E-state index contributed by atoms with van der Waals surface area (Å²) in [5.41, 5.74) is 2.25. The molecule has 8 heteroatoms. The van der Waals surface area contributed by atoms with Crippen molar-refractivity contribution in [2.45, 2.75) is 26.7 Å². The summed E-state index contributed by atoms with van der Waals surface area (Å²) in [6.07, 6.45) is 1.36. The van der Waals surface area contributed by atoms with E-state index in [1.165, 1.54) is 12.1 Å². The van der Waals surface area contributed by atoms with Gasteiger partial charge in [-0.3, -0.25) is 4.79 Å². The van der Waals surface area contributed by atoms with Crippen LogP contribution < -0.4 is 10.2 Å². The standard InChI is InChI=1S/C19H21ClN4O3/c1-11-9-12(2)22-19(21-11)24-7-5-13(6-8-24)17(25)23-14-3-4-16(20)15(10-14)18(26)27/h3-4,9-10,13H,5-8H2,1-2H3,(H,23,25)(H,26,27). The second kappa shape index (κ2) is 7.92. The second-order valence-corrected chi connectivity index (χ2v) is 7.11. The Morgan fingerprint density at radius 3 is 2.37 bits per heavy atom. The molecule has 0 atom stereocenters. The third-order valence-electron chi connectivity index (χ3n) is 4.58. The predicted molar refractivity (Wildman–Crippen MR) is 103 cm³/mol. The molecule has 1 fully saturated rings. The fourth-order valence-electron chi connectivity index (χ4n) is 3.20. The number of carbonyl (C=O) groups excluding carboxylic acids is 1. The van der Waals surface area contributed by atoms with E-state index in [0.717, 1.165) is 11.4 Å². The number of carboxylic acids is 1. The summed E-state index contributed by atoms with van der Waals surface area (Å²) in [5.74, 6) is -0.682. The topological polar surface area (TPSA) is 95.4 Å². The van der Waals surface area contributed by atoms with Crippen molar-refractivity contribution in [1.29, 1.82) is 0 Å². The van der Waals surface area contributed by atoms with Crippen molar-refractivity contribution in [3.63, 3.8) is 0 Å². The molecule has 1 aromatic carbocycles. The van der Waals surface area contributed by atoms with E-state index in [4.69, 9.17) is 16.7 Å². The predicted octanol–water partition coefficient (Wildman–Crippen LogP) is 3.30. The van der Waals surface area contributed by atoms with Crippen LogP contribution in [0, 0.1) is 19.8 Å². The molecule has 0 spiro atoms. The maximum atomic E-state index is 12.5. The van der Waals surface area contributed by atoms with Gasteiger partial charge in [-0.15, -0.1) is 0 Å². The van der Waals surface area contributed by atoms with E-state index >= 15 is 0 Å². The highest BCUT2D eigenvalue weighted by molar-refractivity contribution is 6.33. The molecule has 0 bridgehead atoms. The Bertz CT molecular complexity index is 859. The van der Waals surface area contributed by atoms with Crippen molar-refractivity contribution in [3.8, 4) is 0 Å². The van der Waals surface area contributed by atoms with Gasteiger partial charge in [-0.1, -0.05) is 11.6 Å². The number of carbonyl (C=O) groups is 2. The molecule has 0 saturated carbocycles. The van der Waals surface area contributed by atoms with Crippen molar-refractivity contribution >= 4 is 35.1 Å². The van der Waals surface area contributed by atoms with Gasteiger partial charge in [0.2, 0.25) is 11.9 Å². The quantitative estimate of drug-likeness (QED) is 0.834. The van der Waals surface area contributed by atoms with E-state index in [0.29, 0.717) is 37.6 Å². The molecular weight excluding hydrogens is 368 g/mol. The molecule has 0 aliphatic carbocycles. The van der Waals surface area contributed by atoms with Crippen molar-refractivity contribution in [1.82, 2.24) is 9.97 Å². The van der Waals surface area contributed by atoms with E-state index < -0.39 is 5.97 Å². The zero-order valence-corrected chi connectivity index (χ0v) is 16.0. The molecule has 1 saturated heterocycles. The number of aromatic nitrogens is 2. The van der Waals surface area contributed by atoms with Gasteiger partial charge in [0.25, 0.3) is 0 Å². The van der Waals surface area contributed by atoms with Gasteiger partial charge in [-0.2, -0.15) is 0 Å². The van der Waals surface area contributed by atoms with E-state index in [9.17, 15) is 9.59 Å². The van der Waals surface area contributed by atoms with Gasteiger partial charge in [0.05, 0.1) is 10.6 Å². The Morgan fingerprint density at radius 2 is 1.78 bits per heavy atom. The minimum absolute atomic E-state index is 0.0312. The van der Waals surface area contributed by atoms with Crippen LogP contribution in [-0.4, -0.2) is 40.0 Å². The molecule has 27 heavy (non-hydrogen) atoms. The van der Waals surface area contributed by atoms with Crippen LogP contribution in [0.4, 0.5) is 11.6 Å². The number of anilines is 2. The fourth-order valence-corrected chi connectivity index (χ4v) is 3.40. The molecule has 1 aliphatic heterocycles. The lowest BCUT2D eigenvalue weighted by Crippen LogP contribution is -2.39. The van der Waals surface area contributed by atoms with Crippen LogP contribution in [-0.2, 0) is 4.79 Å². The summed E-state index contributed by atoms with van der Waals surface area (Å²) in [6, 6.07) is 6.38. The SMILES string of the molecule is Cc1cc(C)nc(N2CCC(C(=O)Nc3ccc(Cl)c(C(=O)O)c3)CC2)n1. The van der Waals surface area contributed by atoms with Gasteiger partial charge in [0, 0.05) is 36.1 Å². The lowest BCUT2D eigenvalue weighted by atomic mass is 9.96. The van der Waals surface area contributed by atoms with Crippen LogP contribution in [0.3, 0.4) is 0 Å². The number of rotatable bonds is 4. The average Bonchev–Trinajstić information content (AvgIpc) is 2.62. The number of hydrogen-bond donors (Lipinski definition) is 2. The Balaban J connectivity index is 1.62. The summed E-state index contributed by atoms with van der Waals surface area (Å²) in [6.45, 7) is 5.27. The van der Waals surface area contributed by atoms with Crippen molar-refractivity contribution in [2.75, 3.05) is 23.3 Å². The Morgan fingerprint density at radius 1 is 1.15 bits per heavy atom. The normalized spacial score (nSPS) is 14.9. The van der Waals surface area contributed by atoms with E-state index in [1.54, 1.807) is 6.07 Å².